The molecule has 1 spiro atoms. The number of furan rings is 1. The molecule has 1 aromatic carbocycles. The fourth-order valence-electron chi connectivity index (χ4n) is 3.92. The predicted octanol–water partition coefficient (Wildman–Crippen LogP) is 3.56. The zero-order valence-electron chi connectivity index (χ0n) is 13.8. The maximum absolute atomic E-state index is 6.12. The van der Waals surface area contributed by atoms with E-state index in [1.165, 1.54) is 10.9 Å². The number of benzene rings is 1. The number of aryl methyl sites for hydroxylation is 1. The molecule has 2 fully saturated rings. The molecular weight excluding hydrogens is 290 g/mol. The van der Waals surface area contributed by atoms with E-state index in [9.17, 15) is 0 Å². The predicted molar refractivity (Wildman–Crippen MR) is 89.5 cm³/mol. The molecular formula is C19H25NO3. The number of rotatable bonds is 3. The maximum atomic E-state index is 6.12. The highest BCUT2D eigenvalue weighted by Gasteiger charge is 2.38. The standard InChI is InChI=1S/C19H25NO3/c1-14-16-4-2-3-5-17(16)23-18(14)13-20-15-6-9-22-19(12-15)7-10-21-11-8-19/h2-5,15,20H,6-13H2,1H3. The Kier molecular flexibility index (Phi) is 4.14. The summed E-state index contributed by atoms with van der Waals surface area (Å²) in [6, 6.07) is 8.75. The third kappa shape index (κ3) is 3.03. The fraction of sp³-hybridized carbons (Fsp3) is 0.579. The highest BCUT2D eigenvalue weighted by Crippen LogP contribution is 2.34. The Morgan fingerprint density at radius 2 is 2.00 bits per heavy atom. The molecule has 4 heteroatoms. The first-order chi connectivity index (χ1) is 11.3. The molecule has 0 aliphatic carbocycles. The van der Waals surface area contributed by atoms with Gasteiger partial charge in [0.2, 0.25) is 0 Å². The summed E-state index contributed by atoms with van der Waals surface area (Å²) in [6.07, 6.45) is 4.20. The molecule has 4 rings (SSSR count). The third-order valence-electron chi connectivity index (χ3n) is 5.39. The van der Waals surface area contributed by atoms with Crippen molar-refractivity contribution in [2.24, 2.45) is 0 Å². The van der Waals surface area contributed by atoms with Crippen LogP contribution in [0, 0.1) is 6.92 Å². The minimum absolute atomic E-state index is 0.0388. The van der Waals surface area contributed by atoms with Gasteiger partial charge in [0.15, 0.2) is 0 Å². The van der Waals surface area contributed by atoms with Gasteiger partial charge in [-0.1, -0.05) is 18.2 Å². The lowest BCUT2D eigenvalue weighted by molar-refractivity contribution is -0.140. The average molecular weight is 315 g/mol. The Balaban J connectivity index is 1.42. The number of hydrogen-bond donors (Lipinski definition) is 1. The third-order valence-corrected chi connectivity index (χ3v) is 5.39. The number of hydrogen-bond acceptors (Lipinski definition) is 4. The van der Waals surface area contributed by atoms with Crippen molar-refractivity contribution >= 4 is 11.0 Å². The molecule has 4 nitrogen and oxygen atoms in total. The Morgan fingerprint density at radius 1 is 1.17 bits per heavy atom. The molecule has 2 aliphatic heterocycles. The van der Waals surface area contributed by atoms with E-state index in [1.807, 2.05) is 12.1 Å². The van der Waals surface area contributed by atoms with Crippen LogP contribution >= 0.6 is 0 Å². The van der Waals surface area contributed by atoms with E-state index in [0.29, 0.717) is 6.04 Å². The summed E-state index contributed by atoms with van der Waals surface area (Å²) in [5.41, 5.74) is 2.27. The van der Waals surface area contributed by atoms with Crippen molar-refractivity contribution in [3.05, 3.63) is 35.6 Å². The van der Waals surface area contributed by atoms with E-state index in [4.69, 9.17) is 13.9 Å². The Labute approximate surface area is 137 Å². The Bertz CT molecular complexity index is 667. The lowest BCUT2D eigenvalue weighted by Crippen LogP contribution is -2.49. The van der Waals surface area contributed by atoms with E-state index < -0.39 is 0 Å². The summed E-state index contributed by atoms with van der Waals surface area (Å²) in [5, 5.41) is 4.92. The van der Waals surface area contributed by atoms with Crippen LogP contribution in [0.3, 0.4) is 0 Å². The van der Waals surface area contributed by atoms with Gasteiger partial charge in [-0.2, -0.15) is 0 Å². The van der Waals surface area contributed by atoms with E-state index in [2.05, 4.69) is 24.4 Å². The molecule has 1 N–H and O–H groups in total. The summed E-state index contributed by atoms with van der Waals surface area (Å²) in [6.45, 7) is 5.44. The van der Waals surface area contributed by atoms with Gasteiger partial charge in [-0.3, -0.25) is 0 Å². The topological polar surface area (TPSA) is 43.6 Å². The van der Waals surface area contributed by atoms with Gasteiger partial charge in [0.05, 0.1) is 12.1 Å². The molecule has 2 aliphatic rings. The van der Waals surface area contributed by atoms with E-state index in [-0.39, 0.29) is 5.60 Å². The normalized spacial score (nSPS) is 24.3. The smallest absolute Gasteiger partial charge is 0.134 e. The highest BCUT2D eigenvalue weighted by atomic mass is 16.5. The molecule has 23 heavy (non-hydrogen) atoms. The van der Waals surface area contributed by atoms with Gasteiger partial charge >= 0.3 is 0 Å². The molecule has 3 heterocycles. The zero-order valence-corrected chi connectivity index (χ0v) is 13.8. The summed E-state index contributed by atoms with van der Waals surface area (Å²) in [4.78, 5) is 0. The van der Waals surface area contributed by atoms with Gasteiger partial charge in [-0.25, -0.2) is 0 Å². The second-order valence-corrected chi connectivity index (χ2v) is 6.86. The lowest BCUT2D eigenvalue weighted by atomic mass is 9.84. The highest BCUT2D eigenvalue weighted by molar-refractivity contribution is 5.81. The summed E-state index contributed by atoms with van der Waals surface area (Å²) in [7, 11) is 0. The van der Waals surface area contributed by atoms with Crippen LogP contribution < -0.4 is 5.32 Å². The van der Waals surface area contributed by atoms with Crippen molar-refractivity contribution in [2.75, 3.05) is 19.8 Å². The Hall–Kier alpha value is -1.36. The minimum Gasteiger partial charge on any atom is -0.459 e. The van der Waals surface area contributed by atoms with E-state index in [0.717, 1.165) is 63.4 Å². The van der Waals surface area contributed by atoms with Crippen molar-refractivity contribution in [1.29, 1.82) is 0 Å². The minimum atomic E-state index is 0.0388. The molecule has 0 amide bonds. The molecule has 2 aromatic rings. The summed E-state index contributed by atoms with van der Waals surface area (Å²) in [5.74, 6) is 1.05. The van der Waals surface area contributed by atoms with Gasteiger partial charge in [0.1, 0.15) is 11.3 Å². The second-order valence-electron chi connectivity index (χ2n) is 6.86. The van der Waals surface area contributed by atoms with Crippen molar-refractivity contribution in [1.82, 2.24) is 5.32 Å². The van der Waals surface area contributed by atoms with Gasteiger partial charge in [0, 0.05) is 31.2 Å². The zero-order chi connectivity index (χ0) is 15.7. The van der Waals surface area contributed by atoms with Crippen molar-refractivity contribution < 1.29 is 13.9 Å². The van der Waals surface area contributed by atoms with Crippen LogP contribution in [-0.4, -0.2) is 31.5 Å². The molecule has 124 valence electrons. The van der Waals surface area contributed by atoms with Crippen LogP contribution in [0.5, 0.6) is 0 Å². The molecule has 0 bridgehead atoms. The first-order valence-electron chi connectivity index (χ1n) is 8.68. The van der Waals surface area contributed by atoms with Crippen molar-refractivity contribution in [2.45, 2.75) is 50.8 Å². The number of fused-ring (bicyclic) bond motifs is 1. The van der Waals surface area contributed by atoms with Gasteiger partial charge < -0.3 is 19.2 Å². The molecule has 1 unspecified atom stereocenters. The van der Waals surface area contributed by atoms with Crippen LogP contribution in [0.1, 0.15) is 37.0 Å². The molecule has 0 saturated carbocycles. The lowest BCUT2D eigenvalue weighted by Gasteiger charge is -2.43. The van der Waals surface area contributed by atoms with Gasteiger partial charge in [-0.05, 0) is 44.2 Å². The average Bonchev–Trinajstić information content (AvgIpc) is 2.90. The number of nitrogens with one attached hydrogen (secondary N) is 1. The van der Waals surface area contributed by atoms with Crippen LogP contribution in [0.25, 0.3) is 11.0 Å². The summed E-state index contributed by atoms with van der Waals surface area (Å²) >= 11 is 0. The first kappa shape index (κ1) is 15.2. The van der Waals surface area contributed by atoms with Gasteiger partial charge in [-0.15, -0.1) is 0 Å². The quantitative estimate of drug-likeness (QED) is 0.940. The monoisotopic (exact) mass is 315 g/mol. The molecule has 0 radical (unpaired) electrons. The van der Waals surface area contributed by atoms with Crippen molar-refractivity contribution in [3.63, 3.8) is 0 Å². The maximum Gasteiger partial charge on any atom is 0.134 e. The van der Waals surface area contributed by atoms with E-state index >= 15 is 0 Å². The number of para-hydroxylation sites is 1. The van der Waals surface area contributed by atoms with Crippen LogP contribution in [-0.2, 0) is 16.0 Å². The Morgan fingerprint density at radius 3 is 2.83 bits per heavy atom. The van der Waals surface area contributed by atoms with Gasteiger partial charge in [0.25, 0.3) is 0 Å². The SMILES string of the molecule is Cc1c(CNC2CCOC3(CCOCC3)C2)oc2ccccc12. The van der Waals surface area contributed by atoms with Crippen LogP contribution in [0.15, 0.2) is 28.7 Å². The molecule has 1 aromatic heterocycles. The summed E-state index contributed by atoms with van der Waals surface area (Å²) < 4.78 is 17.6. The van der Waals surface area contributed by atoms with E-state index in [1.54, 1.807) is 0 Å². The molecule has 2 saturated heterocycles. The largest absolute Gasteiger partial charge is 0.459 e. The molecule has 1 atom stereocenters. The number of ether oxygens (including phenoxy) is 2. The fourth-order valence-corrected chi connectivity index (χ4v) is 3.92. The first-order valence-corrected chi connectivity index (χ1v) is 8.68. The van der Waals surface area contributed by atoms with Crippen LogP contribution in [0.4, 0.5) is 0 Å². The van der Waals surface area contributed by atoms with Crippen LogP contribution in [0.2, 0.25) is 0 Å². The second kappa shape index (κ2) is 6.27. The van der Waals surface area contributed by atoms with Crippen molar-refractivity contribution in [3.8, 4) is 0 Å².